The van der Waals surface area contributed by atoms with E-state index in [2.05, 4.69) is 19.1 Å². The first-order valence-corrected chi connectivity index (χ1v) is 6.77. The molecule has 104 valence electrons. The topological polar surface area (TPSA) is 44.6 Å². The molecule has 0 radical (unpaired) electrons. The van der Waals surface area contributed by atoms with Crippen LogP contribution >= 0.6 is 0 Å². The fourth-order valence-electron chi connectivity index (χ4n) is 2.35. The van der Waals surface area contributed by atoms with Crippen molar-refractivity contribution < 1.29 is 14.8 Å². The molecule has 0 aliphatic carbocycles. The van der Waals surface area contributed by atoms with Gasteiger partial charge in [-0.3, -0.25) is 0 Å². The Balaban J connectivity index is 2.12. The molecule has 0 bridgehead atoms. The van der Waals surface area contributed by atoms with Crippen molar-refractivity contribution in [2.75, 3.05) is 6.54 Å². The number of hydrogen-bond donors (Lipinski definition) is 1. The van der Waals surface area contributed by atoms with Gasteiger partial charge in [0.15, 0.2) is 0 Å². The minimum Gasteiger partial charge on any atom is -0.544 e. The molecule has 0 saturated heterocycles. The average molecular weight is 269 g/mol. The quantitative estimate of drug-likeness (QED) is 0.821. The molecule has 0 amide bonds. The zero-order chi connectivity index (χ0) is 14.4. The number of aryl methyl sites for hydroxylation is 1. The third-order valence-electron chi connectivity index (χ3n) is 3.39. The molecule has 0 aromatic heterocycles. The van der Waals surface area contributed by atoms with Crippen LogP contribution < -0.4 is 10.0 Å². The zero-order valence-corrected chi connectivity index (χ0v) is 11.6. The van der Waals surface area contributed by atoms with Crippen LogP contribution in [0.1, 0.15) is 16.7 Å². The van der Waals surface area contributed by atoms with Gasteiger partial charge in [0.05, 0.1) is 5.97 Å². The smallest absolute Gasteiger partial charge is 0.118 e. The normalized spacial score (nSPS) is 12.1. The Morgan fingerprint density at radius 3 is 2.30 bits per heavy atom. The number of carboxylic acid groups (broad SMARTS) is 1. The fraction of sp³-hybridized carbons (Fsp3) is 0.235. The minimum atomic E-state index is -1.01. The summed E-state index contributed by atoms with van der Waals surface area (Å²) in [6.07, 6.45) is 0. The van der Waals surface area contributed by atoms with Crippen LogP contribution in [0.2, 0.25) is 0 Å². The highest BCUT2D eigenvalue weighted by Gasteiger charge is 2.12. The van der Waals surface area contributed by atoms with Crippen molar-refractivity contribution in [2.24, 2.45) is 0 Å². The Labute approximate surface area is 119 Å². The molecular weight excluding hydrogens is 250 g/mol. The van der Waals surface area contributed by atoms with Gasteiger partial charge in [0.1, 0.15) is 19.6 Å². The Bertz CT molecular complexity index is 566. The van der Waals surface area contributed by atoms with Crippen molar-refractivity contribution in [3.63, 3.8) is 0 Å². The summed E-state index contributed by atoms with van der Waals surface area (Å²) in [7, 11) is 0. The largest absolute Gasteiger partial charge is 0.544 e. The first-order valence-electron chi connectivity index (χ1n) is 6.77. The van der Waals surface area contributed by atoms with Gasteiger partial charge in [0.25, 0.3) is 0 Å². The number of nitrogens with one attached hydrogen (secondary N) is 1. The number of benzene rings is 2. The van der Waals surface area contributed by atoms with Gasteiger partial charge in [-0.25, -0.2) is 0 Å². The molecule has 2 aromatic carbocycles. The second kappa shape index (κ2) is 6.87. The van der Waals surface area contributed by atoms with Crippen LogP contribution in [0.25, 0.3) is 0 Å². The van der Waals surface area contributed by atoms with Crippen molar-refractivity contribution in [2.45, 2.75) is 20.0 Å². The lowest BCUT2D eigenvalue weighted by Crippen LogP contribution is -3.10. The standard InChI is InChI=1S/C17H19NO2/c1-14-7-5-6-10-16(14)12-18(13-17(19)20)11-15-8-3-2-4-9-15/h2-10H,11-13H2,1H3,(H,19,20). The molecule has 0 spiro atoms. The van der Waals surface area contributed by atoms with Crippen molar-refractivity contribution >= 4 is 5.97 Å². The van der Waals surface area contributed by atoms with Crippen LogP contribution in [0.5, 0.6) is 0 Å². The molecule has 20 heavy (non-hydrogen) atoms. The molecule has 2 aromatic rings. The average Bonchev–Trinajstić information content (AvgIpc) is 2.42. The van der Waals surface area contributed by atoms with Gasteiger partial charge in [0, 0.05) is 11.1 Å². The van der Waals surface area contributed by atoms with E-state index >= 15 is 0 Å². The molecule has 3 nitrogen and oxygen atoms in total. The van der Waals surface area contributed by atoms with E-state index in [-0.39, 0.29) is 6.54 Å². The van der Waals surface area contributed by atoms with Gasteiger partial charge < -0.3 is 14.8 Å². The maximum absolute atomic E-state index is 10.9. The number of quaternary nitrogens is 1. The molecule has 1 unspecified atom stereocenters. The summed E-state index contributed by atoms with van der Waals surface area (Å²) in [5, 5.41) is 10.9. The van der Waals surface area contributed by atoms with Crippen LogP contribution in [0.15, 0.2) is 54.6 Å². The van der Waals surface area contributed by atoms with Crippen LogP contribution in [0, 0.1) is 6.92 Å². The van der Waals surface area contributed by atoms with Crippen LogP contribution in [0.4, 0.5) is 0 Å². The number of carboxylic acids is 1. The Hall–Kier alpha value is -2.13. The first kappa shape index (κ1) is 14.3. The second-order valence-corrected chi connectivity index (χ2v) is 5.06. The van der Waals surface area contributed by atoms with Gasteiger partial charge in [-0.2, -0.15) is 0 Å². The maximum Gasteiger partial charge on any atom is 0.118 e. The van der Waals surface area contributed by atoms with E-state index in [0.717, 1.165) is 10.5 Å². The number of carbonyl (C=O) groups excluding carboxylic acids is 1. The monoisotopic (exact) mass is 269 g/mol. The molecule has 0 aliphatic heterocycles. The molecule has 0 saturated carbocycles. The SMILES string of the molecule is Cc1ccccc1C[NH+](CC(=O)[O-])Cc1ccccc1. The van der Waals surface area contributed by atoms with Gasteiger partial charge in [0.2, 0.25) is 0 Å². The van der Waals surface area contributed by atoms with E-state index in [1.54, 1.807) is 0 Å². The van der Waals surface area contributed by atoms with Gasteiger partial charge in [-0.15, -0.1) is 0 Å². The zero-order valence-electron chi connectivity index (χ0n) is 11.6. The summed E-state index contributed by atoms with van der Waals surface area (Å²) in [6, 6.07) is 18.0. The molecule has 1 atom stereocenters. The summed E-state index contributed by atoms with van der Waals surface area (Å²) < 4.78 is 0. The van der Waals surface area contributed by atoms with E-state index in [9.17, 15) is 9.90 Å². The third kappa shape index (κ3) is 4.21. The van der Waals surface area contributed by atoms with Crippen molar-refractivity contribution in [1.29, 1.82) is 0 Å². The van der Waals surface area contributed by atoms with Crippen LogP contribution in [-0.4, -0.2) is 12.5 Å². The molecule has 0 aliphatic rings. The van der Waals surface area contributed by atoms with Crippen LogP contribution in [-0.2, 0) is 17.9 Å². The minimum absolute atomic E-state index is 0.0171. The van der Waals surface area contributed by atoms with Gasteiger partial charge in [-0.05, 0) is 12.5 Å². The van der Waals surface area contributed by atoms with Crippen molar-refractivity contribution in [1.82, 2.24) is 0 Å². The lowest BCUT2D eigenvalue weighted by molar-refractivity contribution is -0.922. The number of aliphatic carboxylic acids is 1. The highest BCUT2D eigenvalue weighted by atomic mass is 16.4. The third-order valence-corrected chi connectivity index (χ3v) is 3.39. The molecule has 0 heterocycles. The lowest BCUT2D eigenvalue weighted by atomic mass is 10.1. The summed E-state index contributed by atoms with van der Waals surface area (Å²) in [5.74, 6) is -1.01. The number of hydrogen-bond acceptors (Lipinski definition) is 2. The van der Waals surface area contributed by atoms with Crippen LogP contribution in [0.3, 0.4) is 0 Å². The highest BCUT2D eigenvalue weighted by Crippen LogP contribution is 2.05. The summed E-state index contributed by atoms with van der Waals surface area (Å²) in [5.41, 5.74) is 3.51. The Kier molecular flexibility index (Phi) is 4.91. The lowest BCUT2D eigenvalue weighted by Gasteiger charge is -2.21. The van der Waals surface area contributed by atoms with Gasteiger partial charge in [-0.1, -0.05) is 54.6 Å². The van der Waals surface area contributed by atoms with E-state index in [0.29, 0.717) is 13.1 Å². The molecular formula is C17H19NO2. The van der Waals surface area contributed by atoms with E-state index < -0.39 is 5.97 Å². The summed E-state index contributed by atoms with van der Waals surface area (Å²) >= 11 is 0. The Morgan fingerprint density at radius 1 is 1.00 bits per heavy atom. The predicted molar refractivity (Wildman–Crippen MR) is 75.9 cm³/mol. The molecule has 2 rings (SSSR count). The molecule has 3 heteroatoms. The molecule has 1 N–H and O–H groups in total. The van der Waals surface area contributed by atoms with Crippen molar-refractivity contribution in [3.8, 4) is 0 Å². The summed E-state index contributed by atoms with van der Waals surface area (Å²) in [4.78, 5) is 11.9. The fourth-order valence-corrected chi connectivity index (χ4v) is 2.35. The Morgan fingerprint density at radius 2 is 1.65 bits per heavy atom. The first-order chi connectivity index (χ1) is 9.65. The maximum atomic E-state index is 10.9. The van der Waals surface area contributed by atoms with E-state index in [1.165, 1.54) is 11.1 Å². The number of rotatable bonds is 6. The van der Waals surface area contributed by atoms with E-state index in [1.807, 2.05) is 42.5 Å². The summed E-state index contributed by atoms with van der Waals surface area (Å²) in [6.45, 7) is 3.44. The van der Waals surface area contributed by atoms with Crippen molar-refractivity contribution in [3.05, 3.63) is 71.3 Å². The predicted octanol–water partition coefficient (Wildman–Crippen LogP) is 0.330. The van der Waals surface area contributed by atoms with Gasteiger partial charge >= 0.3 is 0 Å². The number of carbonyl (C=O) groups is 1. The highest BCUT2D eigenvalue weighted by molar-refractivity contribution is 5.65. The van der Waals surface area contributed by atoms with E-state index in [4.69, 9.17) is 0 Å². The molecule has 0 fully saturated rings. The second-order valence-electron chi connectivity index (χ2n) is 5.06.